The predicted octanol–water partition coefficient (Wildman–Crippen LogP) is 2.46. The fourth-order valence-corrected chi connectivity index (χ4v) is 2.74. The second-order valence-corrected chi connectivity index (χ2v) is 6.41. The Morgan fingerprint density at radius 3 is 3.00 bits per heavy atom. The highest BCUT2D eigenvalue weighted by Crippen LogP contribution is 2.15. The molecule has 5 heteroatoms. The predicted molar refractivity (Wildman–Crippen MR) is 98.8 cm³/mol. The Balaban J connectivity index is 1.61. The van der Waals surface area contributed by atoms with Gasteiger partial charge < -0.3 is 20.1 Å². The Morgan fingerprint density at radius 1 is 1.42 bits per heavy atom. The molecular formula is C19H31N3O2. The number of aliphatic imine (C=N–C) groups is 1. The molecule has 0 aliphatic carbocycles. The summed E-state index contributed by atoms with van der Waals surface area (Å²) < 4.78 is 11.1. The van der Waals surface area contributed by atoms with Gasteiger partial charge in [-0.25, -0.2) is 0 Å². The summed E-state index contributed by atoms with van der Waals surface area (Å²) in [7, 11) is 1.80. The molecule has 0 radical (unpaired) electrons. The number of hydrogen-bond donors (Lipinski definition) is 2. The van der Waals surface area contributed by atoms with Crippen molar-refractivity contribution in [3.63, 3.8) is 0 Å². The van der Waals surface area contributed by atoms with E-state index >= 15 is 0 Å². The minimum atomic E-state index is 0.289. The van der Waals surface area contributed by atoms with E-state index < -0.39 is 0 Å². The lowest BCUT2D eigenvalue weighted by molar-refractivity contribution is 0.0420. The van der Waals surface area contributed by atoms with Gasteiger partial charge in [0.15, 0.2) is 5.96 Å². The van der Waals surface area contributed by atoms with E-state index in [-0.39, 0.29) is 6.10 Å². The average Bonchev–Trinajstić information content (AvgIpc) is 3.10. The van der Waals surface area contributed by atoms with E-state index in [1.165, 1.54) is 11.1 Å². The van der Waals surface area contributed by atoms with Crippen LogP contribution in [0.3, 0.4) is 0 Å². The zero-order chi connectivity index (χ0) is 17.2. The highest BCUT2D eigenvalue weighted by Gasteiger charge is 2.15. The molecule has 2 unspecified atom stereocenters. The molecule has 1 aliphatic rings. The van der Waals surface area contributed by atoms with Gasteiger partial charge >= 0.3 is 0 Å². The smallest absolute Gasteiger partial charge is 0.190 e. The summed E-state index contributed by atoms with van der Waals surface area (Å²) in [6.07, 6.45) is 2.27. The number of ether oxygens (including phenoxy) is 2. The van der Waals surface area contributed by atoms with Crippen LogP contribution in [0.25, 0.3) is 0 Å². The fraction of sp³-hybridized carbons (Fsp3) is 0.632. The molecule has 24 heavy (non-hydrogen) atoms. The van der Waals surface area contributed by atoms with Gasteiger partial charge in [-0.2, -0.15) is 0 Å². The standard InChI is InChI=1S/C19H31N3O2/c1-15-6-4-7-17(12-15)16(2)13-22-19(20-3)21-9-5-10-24-18-8-11-23-14-18/h4,6-7,12,16,18H,5,8-11,13-14H2,1-3H3,(H2,20,21,22). The summed E-state index contributed by atoms with van der Waals surface area (Å²) in [5.74, 6) is 1.29. The van der Waals surface area contributed by atoms with Crippen LogP contribution in [0.2, 0.25) is 0 Å². The topological polar surface area (TPSA) is 54.9 Å². The molecular weight excluding hydrogens is 302 g/mol. The van der Waals surface area contributed by atoms with Gasteiger partial charge in [0.05, 0.1) is 12.7 Å². The minimum Gasteiger partial charge on any atom is -0.379 e. The minimum absolute atomic E-state index is 0.289. The van der Waals surface area contributed by atoms with Crippen LogP contribution in [-0.4, -0.2) is 52.0 Å². The van der Waals surface area contributed by atoms with Crippen molar-refractivity contribution in [1.29, 1.82) is 0 Å². The molecule has 0 bridgehead atoms. The third kappa shape index (κ3) is 6.49. The summed E-state index contributed by atoms with van der Waals surface area (Å²) in [4.78, 5) is 4.28. The first-order chi connectivity index (χ1) is 11.7. The van der Waals surface area contributed by atoms with Crippen LogP contribution >= 0.6 is 0 Å². The molecule has 0 saturated carbocycles. The first-order valence-electron chi connectivity index (χ1n) is 8.89. The molecule has 0 amide bonds. The van der Waals surface area contributed by atoms with Crippen molar-refractivity contribution >= 4 is 5.96 Å². The van der Waals surface area contributed by atoms with Gasteiger partial charge in [0.2, 0.25) is 0 Å². The molecule has 1 aromatic rings. The zero-order valence-electron chi connectivity index (χ0n) is 15.2. The van der Waals surface area contributed by atoms with Gasteiger partial charge in [-0.3, -0.25) is 4.99 Å². The zero-order valence-corrected chi connectivity index (χ0v) is 15.2. The summed E-state index contributed by atoms with van der Waals surface area (Å²) >= 11 is 0. The lowest BCUT2D eigenvalue weighted by Crippen LogP contribution is -2.39. The first-order valence-corrected chi connectivity index (χ1v) is 8.89. The number of rotatable bonds is 8. The first kappa shape index (κ1) is 18.7. The van der Waals surface area contributed by atoms with Crippen molar-refractivity contribution in [2.75, 3.05) is 40.0 Å². The van der Waals surface area contributed by atoms with Crippen LogP contribution in [0.4, 0.5) is 0 Å². The second kappa shape index (κ2) is 10.3. The van der Waals surface area contributed by atoms with E-state index in [1.54, 1.807) is 7.05 Å². The molecule has 5 nitrogen and oxygen atoms in total. The fourth-order valence-electron chi connectivity index (χ4n) is 2.74. The SMILES string of the molecule is CN=C(NCCCOC1CCOC1)NCC(C)c1cccc(C)c1. The van der Waals surface area contributed by atoms with E-state index in [0.717, 1.165) is 51.7 Å². The maximum Gasteiger partial charge on any atom is 0.190 e. The maximum absolute atomic E-state index is 5.76. The average molecular weight is 333 g/mol. The maximum atomic E-state index is 5.76. The lowest BCUT2D eigenvalue weighted by Gasteiger charge is -2.17. The molecule has 134 valence electrons. The number of nitrogens with zero attached hydrogens (tertiary/aromatic N) is 1. The van der Waals surface area contributed by atoms with E-state index in [0.29, 0.717) is 5.92 Å². The normalized spacial score (nSPS) is 19.3. The van der Waals surface area contributed by atoms with Gasteiger partial charge in [-0.15, -0.1) is 0 Å². The Morgan fingerprint density at radius 2 is 2.29 bits per heavy atom. The molecule has 1 fully saturated rings. The van der Waals surface area contributed by atoms with Crippen LogP contribution < -0.4 is 10.6 Å². The van der Waals surface area contributed by atoms with E-state index in [9.17, 15) is 0 Å². The van der Waals surface area contributed by atoms with Crippen molar-refractivity contribution < 1.29 is 9.47 Å². The van der Waals surface area contributed by atoms with Gasteiger partial charge in [0, 0.05) is 33.4 Å². The van der Waals surface area contributed by atoms with Crippen LogP contribution in [0.15, 0.2) is 29.3 Å². The Kier molecular flexibility index (Phi) is 8.05. The monoisotopic (exact) mass is 333 g/mol. The van der Waals surface area contributed by atoms with Crippen molar-refractivity contribution in [3.8, 4) is 0 Å². The van der Waals surface area contributed by atoms with E-state index in [4.69, 9.17) is 9.47 Å². The molecule has 2 N–H and O–H groups in total. The van der Waals surface area contributed by atoms with Gasteiger partial charge in [-0.05, 0) is 31.2 Å². The number of benzene rings is 1. The Hall–Kier alpha value is -1.59. The Bertz CT molecular complexity index is 513. The van der Waals surface area contributed by atoms with Crippen LogP contribution in [-0.2, 0) is 9.47 Å². The highest BCUT2D eigenvalue weighted by molar-refractivity contribution is 5.79. The molecule has 2 rings (SSSR count). The summed E-state index contributed by atoms with van der Waals surface area (Å²) in [5, 5.41) is 6.74. The second-order valence-electron chi connectivity index (χ2n) is 6.41. The highest BCUT2D eigenvalue weighted by atomic mass is 16.5. The molecule has 1 heterocycles. The van der Waals surface area contributed by atoms with Crippen molar-refractivity contribution in [1.82, 2.24) is 10.6 Å². The van der Waals surface area contributed by atoms with Crippen LogP contribution in [0.1, 0.15) is 36.8 Å². The summed E-state index contributed by atoms with van der Waals surface area (Å²) in [6, 6.07) is 8.67. The van der Waals surface area contributed by atoms with Gasteiger partial charge in [0.25, 0.3) is 0 Å². The number of nitrogens with one attached hydrogen (secondary N) is 2. The molecule has 1 aromatic carbocycles. The number of aryl methyl sites for hydroxylation is 1. The molecule has 1 saturated heterocycles. The van der Waals surface area contributed by atoms with Gasteiger partial charge in [0.1, 0.15) is 0 Å². The van der Waals surface area contributed by atoms with Gasteiger partial charge in [-0.1, -0.05) is 36.8 Å². The van der Waals surface area contributed by atoms with Crippen molar-refractivity contribution in [2.24, 2.45) is 4.99 Å². The Labute approximate surface area is 145 Å². The largest absolute Gasteiger partial charge is 0.379 e. The number of guanidine groups is 1. The third-order valence-corrected chi connectivity index (χ3v) is 4.27. The van der Waals surface area contributed by atoms with E-state index in [2.05, 4.69) is 53.7 Å². The number of hydrogen-bond acceptors (Lipinski definition) is 3. The van der Waals surface area contributed by atoms with Crippen LogP contribution in [0.5, 0.6) is 0 Å². The summed E-state index contributed by atoms with van der Waals surface area (Å²) in [5.41, 5.74) is 2.65. The quantitative estimate of drug-likeness (QED) is 0.436. The van der Waals surface area contributed by atoms with Crippen LogP contribution in [0, 0.1) is 6.92 Å². The van der Waals surface area contributed by atoms with Crippen molar-refractivity contribution in [2.45, 2.75) is 38.7 Å². The molecule has 0 aromatic heterocycles. The lowest BCUT2D eigenvalue weighted by atomic mass is 9.99. The van der Waals surface area contributed by atoms with Crippen molar-refractivity contribution in [3.05, 3.63) is 35.4 Å². The summed E-state index contributed by atoms with van der Waals surface area (Å²) in [6.45, 7) is 8.41. The third-order valence-electron chi connectivity index (χ3n) is 4.27. The molecule has 2 atom stereocenters. The molecule has 0 spiro atoms. The van der Waals surface area contributed by atoms with E-state index in [1.807, 2.05) is 0 Å². The molecule has 1 aliphatic heterocycles.